The molecule has 3 saturated heterocycles. The molecule has 0 spiro atoms. The number of nitrogens with one attached hydrogen (secondary N) is 1. The molecule has 4 rings (SSSR count). The molecule has 0 saturated carbocycles. The van der Waals surface area contributed by atoms with E-state index in [2.05, 4.69) is 20.4 Å². The first-order chi connectivity index (χ1) is 11.2. The molecule has 7 nitrogen and oxygen atoms in total. The number of aryl methyl sites for hydroxylation is 1. The number of amides is 1. The van der Waals surface area contributed by atoms with Gasteiger partial charge in [-0.05, 0) is 45.2 Å². The van der Waals surface area contributed by atoms with E-state index in [4.69, 9.17) is 9.26 Å². The average molecular weight is 320 g/mol. The summed E-state index contributed by atoms with van der Waals surface area (Å²) in [5.74, 6) is 2.00. The van der Waals surface area contributed by atoms with Crippen LogP contribution < -0.4 is 5.32 Å². The van der Waals surface area contributed by atoms with Gasteiger partial charge in [0.25, 0.3) is 0 Å². The van der Waals surface area contributed by atoms with Gasteiger partial charge in [-0.1, -0.05) is 5.16 Å². The summed E-state index contributed by atoms with van der Waals surface area (Å²) in [6.07, 6.45) is 3.01. The molecule has 3 aliphatic rings. The first-order valence-corrected chi connectivity index (χ1v) is 8.62. The molecule has 1 amide bonds. The SMILES string of the molecule is Cc1noc([C@@H]2CNC(=O)[C@@H]3CCN(C4CCOC4)CC[C@@H]32)n1. The third-order valence-corrected chi connectivity index (χ3v) is 5.63. The molecule has 1 N–H and O–H groups in total. The predicted octanol–water partition coefficient (Wildman–Crippen LogP) is 0.709. The molecule has 3 aliphatic heterocycles. The summed E-state index contributed by atoms with van der Waals surface area (Å²) in [4.78, 5) is 19.3. The van der Waals surface area contributed by atoms with E-state index in [-0.39, 0.29) is 23.7 Å². The Morgan fingerprint density at radius 2 is 2.09 bits per heavy atom. The van der Waals surface area contributed by atoms with Crippen molar-refractivity contribution in [2.24, 2.45) is 11.8 Å². The number of rotatable bonds is 2. The number of hydrogen-bond acceptors (Lipinski definition) is 6. The zero-order valence-electron chi connectivity index (χ0n) is 13.5. The van der Waals surface area contributed by atoms with Gasteiger partial charge in [-0.25, -0.2) is 0 Å². The lowest BCUT2D eigenvalue weighted by molar-refractivity contribution is -0.129. The fourth-order valence-corrected chi connectivity index (χ4v) is 4.36. The summed E-state index contributed by atoms with van der Waals surface area (Å²) >= 11 is 0. The Morgan fingerprint density at radius 1 is 1.22 bits per heavy atom. The molecule has 1 aromatic rings. The van der Waals surface area contributed by atoms with Gasteiger partial charge in [0.1, 0.15) is 0 Å². The second-order valence-electron chi connectivity index (χ2n) is 6.93. The Morgan fingerprint density at radius 3 is 2.83 bits per heavy atom. The van der Waals surface area contributed by atoms with Crippen molar-refractivity contribution in [3.05, 3.63) is 11.7 Å². The van der Waals surface area contributed by atoms with E-state index >= 15 is 0 Å². The second kappa shape index (κ2) is 6.20. The van der Waals surface area contributed by atoms with E-state index in [9.17, 15) is 4.79 Å². The quantitative estimate of drug-likeness (QED) is 0.864. The van der Waals surface area contributed by atoms with Crippen LogP contribution in [0.2, 0.25) is 0 Å². The lowest BCUT2D eigenvalue weighted by Crippen LogP contribution is -2.46. The van der Waals surface area contributed by atoms with Crippen LogP contribution in [-0.4, -0.2) is 59.8 Å². The molecule has 23 heavy (non-hydrogen) atoms. The van der Waals surface area contributed by atoms with Crippen molar-refractivity contribution in [2.75, 3.05) is 32.8 Å². The Balaban J connectivity index is 1.53. The van der Waals surface area contributed by atoms with Gasteiger partial charge in [-0.3, -0.25) is 9.69 Å². The second-order valence-corrected chi connectivity index (χ2v) is 6.93. The monoisotopic (exact) mass is 320 g/mol. The molecule has 0 aliphatic carbocycles. The molecular formula is C16H24N4O3. The van der Waals surface area contributed by atoms with Gasteiger partial charge in [0.2, 0.25) is 11.8 Å². The third-order valence-electron chi connectivity index (χ3n) is 5.63. The maximum absolute atomic E-state index is 12.4. The molecule has 1 aromatic heterocycles. The summed E-state index contributed by atoms with van der Waals surface area (Å²) in [6, 6.07) is 0.516. The highest BCUT2D eigenvalue weighted by Gasteiger charge is 2.43. The number of aromatic nitrogens is 2. The number of carbonyl (C=O) groups is 1. The molecule has 0 aromatic carbocycles. The van der Waals surface area contributed by atoms with Crippen molar-refractivity contribution in [1.82, 2.24) is 20.4 Å². The van der Waals surface area contributed by atoms with E-state index < -0.39 is 0 Å². The zero-order valence-corrected chi connectivity index (χ0v) is 13.5. The molecule has 126 valence electrons. The Hall–Kier alpha value is -1.47. The number of piperidine rings is 1. The topological polar surface area (TPSA) is 80.5 Å². The Labute approximate surface area is 135 Å². The lowest BCUT2D eigenvalue weighted by Gasteiger charge is -2.34. The van der Waals surface area contributed by atoms with E-state index in [1.807, 2.05) is 6.92 Å². The maximum atomic E-state index is 12.4. The van der Waals surface area contributed by atoms with Crippen molar-refractivity contribution in [1.29, 1.82) is 0 Å². The highest BCUT2D eigenvalue weighted by molar-refractivity contribution is 5.80. The van der Waals surface area contributed by atoms with Crippen LogP contribution in [0.1, 0.15) is 36.9 Å². The Bertz CT molecular complexity index is 569. The van der Waals surface area contributed by atoms with Crippen LogP contribution in [0.15, 0.2) is 4.52 Å². The number of hydrogen-bond donors (Lipinski definition) is 1. The molecule has 7 heteroatoms. The van der Waals surface area contributed by atoms with Gasteiger partial charge < -0.3 is 14.6 Å². The standard InChI is InChI=1S/C16H24N4O3/c1-10-18-16(23-19-10)14-8-17-15(21)13-3-6-20(5-2-12(13)14)11-4-7-22-9-11/h11-14H,2-9H2,1H3,(H,17,21)/t11?,12-,13+,14+/m0/s1. The third kappa shape index (κ3) is 2.87. The van der Waals surface area contributed by atoms with Crippen LogP contribution in [-0.2, 0) is 9.53 Å². The van der Waals surface area contributed by atoms with Crippen molar-refractivity contribution >= 4 is 5.91 Å². The summed E-state index contributed by atoms with van der Waals surface area (Å²) in [5.41, 5.74) is 0. The van der Waals surface area contributed by atoms with Crippen LogP contribution in [0.25, 0.3) is 0 Å². The van der Waals surface area contributed by atoms with Crippen LogP contribution in [0.4, 0.5) is 0 Å². The molecule has 0 bridgehead atoms. The van der Waals surface area contributed by atoms with Crippen LogP contribution in [0.3, 0.4) is 0 Å². The molecule has 1 unspecified atom stereocenters. The van der Waals surface area contributed by atoms with Crippen LogP contribution >= 0.6 is 0 Å². The van der Waals surface area contributed by atoms with Crippen LogP contribution in [0, 0.1) is 18.8 Å². The van der Waals surface area contributed by atoms with Gasteiger partial charge >= 0.3 is 0 Å². The van der Waals surface area contributed by atoms with E-state index in [1.54, 1.807) is 0 Å². The number of ether oxygens (including phenoxy) is 1. The van der Waals surface area contributed by atoms with E-state index in [0.29, 0.717) is 24.3 Å². The fourth-order valence-electron chi connectivity index (χ4n) is 4.36. The van der Waals surface area contributed by atoms with Crippen molar-refractivity contribution in [3.8, 4) is 0 Å². The summed E-state index contributed by atoms with van der Waals surface area (Å²) in [6.45, 7) is 6.12. The summed E-state index contributed by atoms with van der Waals surface area (Å²) in [7, 11) is 0. The highest BCUT2D eigenvalue weighted by atomic mass is 16.5. The average Bonchev–Trinajstić information content (AvgIpc) is 3.16. The molecular weight excluding hydrogens is 296 g/mol. The van der Waals surface area contributed by atoms with Crippen molar-refractivity contribution in [3.63, 3.8) is 0 Å². The fraction of sp³-hybridized carbons (Fsp3) is 0.812. The predicted molar refractivity (Wildman–Crippen MR) is 81.8 cm³/mol. The minimum absolute atomic E-state index is 0.0493. The number of likely N-dealkylation sites (tertiary alicyclic amines) is 1. The molecule has 0 radical (unpaired) electrons. The molecule has 4 atom stereocenters. The van der Waals surface area contributed by atoms with Gasteiger partial charge in [0, 0.05) is 25.1 Å². The van der Waals surface area contributed by atoms with Gasteiger partial charge in [0.15, 0.2) is 5.82 Å². The number of nitrogens with zero attached hydrogens (tertiary/aromatic N) is 3. The first-order valence-electron chi connectivity index (χ1n) is 8.62. The number of carbonyl (C=O) groups excluding carboxylic acids is 1. The molecule has 3 fully saturated rings. The zero-order chi connectivity index (χ0) is 15.8. The maximum Gasteiger partial charge on any atom is 0.231 e. The summed E-state index contributed by atoms with van der Waals surface area (Å²) in [5, 5.41) is 6.97. The molecule has 4 heterocycles. The van der Waals surface area contributed by atoms with Gasteiger partial charge in [-0.2, -0.15) is 4.98 Å². The summed E-state index contributed by atoms with van der Waals surface area (Å²) < 4.78 is 10.9. The number of fused-ring (bicyclic) bond motifs is 1. The normalized spacial score (nSPS) is 35.6. The van der Waals surface area contributed by atoms with Crippen molar-refractivity contribution < 1.29 is 14.1 Å². The smallest absolute Gasteiger partial charge is 0.231 e. The van der Waals surface area contributed by atoms with E-state index in [0.717, 1.165) is 45.6 Å². The largest absolute Gasteiger partial charge is 0.380 e. The highest BCUT2D eigenvalue weighted by Crippen LogP contribution is 2.39. The van der Waals surface area contributed by atoms with Crippen molar-refractivity contribution in [2.45, 2.75) is 38.1 Å². The first kappa shape index (κ1) is 15.1. The van der Waals surface area contributed by atoms with Gasteiger partial charge in [-0.15, -0.1) is 0 Å². The Kier molecular flexibility index (Phi) is 4.07. The lowest BCUT2D eigenvalue weighted by atomic mass is 9.75. The van der Waals surface area contributed by atoms with Gasteiger partial charge in [0.05, 0.1) is 12.5 Å². The minimum Gasteiger partial charge on any atom is -0.380 e. The van der Waals surface area contributed by atoms with Crippen LogP contribution in [0.5, 0.6) is 0 Å². The van der Waals surface area contributed by atoms with E-state index in [1.165, 1.54) is 0 Å². The minimum atomic E-state index is 0.0493.